The third-order valence-corrected chi connectivity index (χ3v) is 5.25. The van der Waals surface area contributed by atoms with Crippen LogP contribution < -0.4 is 15.6 Å². The molecule has 2 N–H and O–H groups in total. The molecule has 0 atom stereocenters. The summed E-state index contributed by atoms with van der Waals surface area (Å²) in [4.78, 5) is 32.4. The van der Waals surface area contributed by atoms with Gasteiger partial charge in [-0.05, 0) is 42.8 Å². The van der Waals surface area contributed by atoms with Gasteiger partial charge in [0.25, 0.3) is 5.56 Å². The van der Waals surface area contributed by atoms with Crippen LogP contribution in [0.3, 0.4) is 0 Å². The van der Waals surface area contributed by atoms with Gasteiger partial charge < -0.3 is 15.0 Å². The van der Waals surface area contributed by atoms with Gasteiger partial charge >= 0.3 is 0 Å². The monoisotopic (exact) mass is 409 g/mol. The van der Waals surface area contributed by atoms with E-state index in [4.69, 9.17) is 4.74 Å². The number of ether oxygens (including phenoxy) is 1. The van der Waals surface area contributed by atoms with E-state index < -0.39 is 0 Å². The molecule has 0 radical (unpaired) electrons. The molecule has 0 fully saturated rings. The van der Waals surface area contributed by atoms with Crippen molar-refractivity contribution in [1.82, 2.24) is 9.97 Å². The van der Waals surface area contributed by atoms with Crippen LogP contribution in [0, 0.1) is 0 Å². The molecule has 6 nitrogen and oxygen atoms in total. The first kappa shape index (κ1) is 20.7. The summed E-state index contributed by atoms with van der Waals surface area (Å²) in [7, 11) is 1.63. The molecule has 1 aromatic heterocycles. The second-order valence-electron chi connectivity index (χ2n) is 6.34. The van der Waals surface area contributed by atoms with Gasteiger partial charge in [0, 0.05) is 40.1 Å². The average Bonchev–Trinajstić information content (AvgIpc) is 2.74. The number of amides is 1. The van der Waals surface area contributed by atoms with Crippen molar-refractivity contribution in [1.29, 1.82) is 0 Å². The highest BCUT2D eigenvalue weighted by molar-refractivity contribution is 7.99. The molecule has 1 heterocycles. The van der Waals surface area contributed by atoms with Gasteiger partial charge in [0.2, 0.25) is 5.91 Å². The molecule has 150 valence electrons. The van der Waals surface area contributed by atoms with Crippen molar-refractivity contribution in [3.8, 4) is 17.1 Å². The highest BCUT2D eigenvalue weighted by Gasteiger charge is 2.07. The molecule has 0 unspecified atom stereocenters. The number of H-pyrrole nitrogens is 1. The van der Waals surface area contributed by atoms with Crippen LogP contribution in [-0.2, 0) is 11.2 Å². The van der Waals surface area contributed by atoms with E-state index in [1.165, 1.54) is 6.07 Å². The Morgan fingerprint density at radius 3 is 2.69 bits per heavy atom. The van der Waals surface area contributed by atoms with Gasteiger partial charge in [-0.2, -0.15) is 0 Å². The van der Waals surface area contributed by atoms with E-state index in [-0.39, 0.29) is 11.5 Å². The summed E-state index contributed by atoms with van der Waals surface area (Å²) in [5, 5.41) is 2.91. The molecule has 0 saturated heterocycles. The number of benzene rings is 2. The zero-order chi connectivity index (χ0) is 20.6. The fourth-order valence-electron chi connectivity index (χ4n) is 2.73. The number of nitrogens with zero attached hydrogens (tertiary/aromatic N) is 1. The summed E-state index contributed by atoms with van der Waals surface area (Å²) in [6.07, 6.45) is 1.07. The van der Waals surface area contributed by atoms with Crippen molar-refractivity contribution in [2.75, 3.05) is 18.2 Å². The molecule has 0 saturated carbocycles. The standard InChI is InChI=1S/C22H23N3O3S/c1-3-16-14-21(27)25-22(24-16)15-5-4-6-17(13-15)23-20(26)11-12-29-19-9-7-18(28-2)8-10-19/h4-10,13-14H,3,11-12H2,1-2H3,(H,23,26)(H,24,25,27). The van der Waals surface area contributed by atoms with Gasteiger partial charge in [0.1, 0.15) is 11.6 Å². The van der Waals surface area contributed by atoms with Gasteiger partial charge in [-0.15, -0.1) is 11.8 Å². The minimum Gasteiger partial charge on any atom is -0.497 e. The number of aryl methyl sites for hydroxylation is 1. The molecule has 2 aromatic carbocycles. The van der Waals surface area contributed by atoms with E-state index in [0.717, 1.165) is 21.9 Å². The Bertz CT molecular complexity index is 1030. The average molecular weight is 410 g/mol. The molecular weight excluding hydrogens is 386 g/mol. The van der Waals surface area contributed by atoms with Gasteiger partial charge in [-0.1, -0.05) is 19.1 Å². The predicted molar refractivity (Wildman–Crippen MR) is 117 cm³/mol. The number of aromatic amines is 1. The number of hydrogen-bond donors (Lipinski definition) is 2. The maximum absolute atomic E-state index is 12.3. The largest absolute Gasteiger partial charge is 0.497 e. The van der Waals surface area contributed by atoms with E-state index in [2.05, 4.69) is 15.3 Å². The summed E-state index contributed by atoms with van der Waals surface area (Å²) < 4.78 is 5.14. The van der Waals surface area contributed by atoms with E-state index in [9.17, 15) is 9.59 Å². The predicted octanol–water partition coefficient (Wildman–Crippen LogP) is 4.13. The zero-order valence-electron chi connectivity index (χ0n) is 16.4. The van der Waals surface area contributed by atoms with Crippen molar-refractivity contribution in [3.05, 3.63) is 70.6 Å². The van der Waals surface area contributed by atoms with Crippen LogP contribution in [0.15, 0.2) is 64.3 Å². The van der Waals surface area contributed by atoms with Crippen molar-refractivity contribution >= 4 is 23.4 Å². The van der Waals surface area contributed by atoms with Crippen LogP contribution in [0.2, 0.25) is 0 Å². The normalized spacial score (nSPS) is 10.6. The molecular formula is C22H23N3O3S. The topological polar surface area (TPSA) is 84.1 Å². The lowest BCUT2D eigenvalue weighted by Crippen LogP contribution is -2.13. The van der Waals surface area contributed by atoms with Gasteiger partial charge in [-0.25, -0.2) is 4.98 Å². The molecule has 29 heavy (non-hydrogen) atoms. The minimum atomic E-state index is -0.183. The number of carbonyl (C=O) groups excluding carboxylic acids is 1. The Hall–Kier alpha value is -3.06. The van der Waals surface area contributed by atoms with Crippen LogP contribution in [0.5, 0.6) is 5.75 Å². The number of rotatable bonds is 8. The van der Waals surface area contributed by atoms with Crippen molar-refractivity contribution < 1.29 is 9.53 Å². The number of methoxy groups -OCH3 is 1. The van der Waals surface area contributed by atoms with Gasteiger partial charge in [0.05, 0.1) is 7.11 Å². The van der Waals surface area contributed by atoms with E-state index in [1.54, 1.807) is 18.9 Å². The third-order valence-electron chi connectivity index (χ3n) is 4.23. The Balaban J connectivity index is 1.58. The molecule has 3 aromatic rings. The lowest BCUT2D eigenvalue weighted by atomic mass is 10.1. The summed E-state index contributed by atoms with van der Waals surface area (Å²) >= 11 is 1.62. The van der Waals surface area contributed by atoms with Crippen LogP contribution >= 0.6 is 11.8 Å². The smallest absolute Gasteiger partial charge is 0.251 e. The van der Waals surface area contributed by atoms with Crippen LogP contribution in [-0.4, -0.2) is 28.7 Å². The highest BCUT2D eigenvalue weighted by atomic mass is 32.2. The molecule has 0 spiro atoms. The van der Waals surface area contributed by atoms with Crippen LogP contribution in [0.1, 0.15) is 19.0 Å². The Morgan fingerprint density at radius 2 is 1.97 bits per heavy atom. The Kier molecular flexibility index (Phi) is 7.08. The number of carbonyl (C=O) groups is 1. The first-order valence-corrected chi connectivity index (χ1v) is 10.3. The minimum absolute atomic E-state index is 0.0630. The number of aromatic nitrogens is 2. The number of thioether (sulfide) groups is 1. The summed E-state index contributed by atoms with van der Waals surface area (Å²) in [6.45, 7) is 1.95. The SMILES string of the molecule is CCc1cc(=O)[nH]c(-c2cccc(NC(=O)CCSc3ccc(OC)cc3)c2)n1. The number of nitrogens with one attached hydrogen (secondary N) is 2. The quantitative estimate of drug-likeness (QED) is 0.547. The maximum atomic E-state index is 12.3. The van der Waals surface area contributed by atoms with E-state index in [1.807, 2.05) is 55.5 Å². The first-order chi connectivity index (χ1) is 14.1. The second-order valence-corrected chi connectivity index (χ2v) is 7.51. The molecule has 0 aliphatic carbocycles. The molecule has 7 heteroatoms. The number of anilines is 1. The van der Waals surface area contributed by atoms with Gasteiger partial charge in [-0.3, -0.25) is 9.59 Å². The fourth-order valence-corrected chi connectivity index (χ4v) is 3.58. The zero-order valence-corrected chi connectivity index (χ0v) is 17.2. The molecule has 0 aliphatic heterocycles. The molecule has 3 rings (SSSR count). The summed E-state index contributed by atoms with van der Waals surface area (Å²) in [6, 6.07) is 16.6. The van der Waals surface area contributed by atoms with Crippen molar-refractivity contribution in [2.45, 2.75) is 24.7 Å². The Labute approximate surface area is 173 Å². The number of hydrogen-bond acceptors (Lipinski definition) is 5. The lowest BCUT2D eigenvalue weighted by molar-refractivity contribution is -0.115. The van der Waals surface area contributed by atoms with Crippen molar-refractivity contribution in [3.63, 3.8) is 0 Å². The van der Waals surface area contributed by atoms with Crippen LogP contribution in [0.25, 0.3) is 11.4 Å². The molecule has 1 amide bonds. The lowest BCUT2D eigenvalue weighted by Gasteiger charge is -2.08. The second kappa shape index (κ2) is 9.93. The van der Waals surface area contributed by atoms with E-state index in [0.29, 0.717) is 30.1 Å². The Morgan fingerprint density at radius 1 is 1.17 bits per heavy atom. The summed E-state index contributed by atoms with van der Waals surface area (Å²) in [5.41, 5.74) is 1.97. The molecule has 0 aliphatic rings. The van der Waals surface area contributed by atoms with Crippen molar-refractivity contribution in [2.24, 2.45) is 0 Å². The van der Waals surface area contributed by atoms with E-state index >= 15 is 0 Å². The molecule has 0 bridgehead atoms. The van der Waals surface area contributed by atoms with Crippen LogP contribution in [0.4, 0.5) is 5.69 Å². The summed E-state index contributed by atoms with van der Waals surface area (Å²) in [5.74, 6) is 1.92. The third kappa shape index (κ3) is 5.96. The van der Waals surface area contributed by atoms with Gasteiger partial charge in [0.15, 0.2) is 0 Å². The fraction of sp³-hybridized carbons (Fsp3) is 0.227. The maximum Gasteiger partial charge on any atom is 0.251 e. The first-order valence-electron chi connectivity index (χ1n) is 9.34. The highest BCUT2D eigenvalue weighted by Crippen LogP contribution is 2.23.